The van der Waals surface area contributed by atoms with Crippen molar-refractivity contribution in [3.8, 4) is 17.2 Å². The van der Waals surface area contributed by atoms with E-state index in [0.717, 1.165) is 24.9 Å². The zero-order chi connectivity index (χ0) is 17.5. The van der Waals surface area contributed by atoms with E-state index >= 15 is 0 Å². The summed E-state index contributed by atoms with van der Waals surface area (Å²) in [4.78, 5) is 12.5. The lowest BCUT2D eigenvalue weighted by atomic mass is 10.2. The maximum Gasteiger partial charge on any atom is 0.258 e. The Balaban J connectivity index is 1.66. The van der Waals surface area contributed by atoms with E-state index in [0.29, 0.717) is 23.3 Å². The first-order valence-corrected chi connectivity index (χ1v) is 8.13. The fourth-order valence-electron chi connectivity index (χ4n) is 2.15. The first-order valence-electron chi connectivity index (χ1n) is 8.13. The van der Waals surface area contributed by atoms with Crippen LogP contribution in [0.2, 0.25) is 0 Å². The summed E-state index contributed by atoms with van der Waals surface area (Å²) in [6, 6.07) is 9.56. The molecule has 0 aliphatic carbocycles. The van der Waals surface area contributed by atoms with E-state index in [2.05, 4.69) is 32.3 Å². The molecular weight excluding hydrogens is 320 g/mol. The second-order valence-electron chi connectivity index (χ2n) is 5.39. The molecule has 0 fully saturated rings. The number of unbranched alkanes of at least 4 members (excludes halogenated alkanes) is 1. The van der Waals surface area contributed by atoms with Crippen molar-refractivity contribution in [1.82, 2.24) is 20.1 Å². The quantitative estimate of drug-likeness (QED) is 0.602. The Morgan fingerprint density at radius 1 is 1.20 bits per heavy atom. The molecular formula is C17H20N6O2. The Labute approximate surface area is 145 Å². The molecule has 0 amide bonds. The van der Waals surface area contributed by atoms with Gasteiger partial charge in [-0.2, -0.15) is 9.97 Å². The van der Waals surface area contributed by atoms with Crippen LogP contribution in [0, 0.1) is 0 Å². The van der Waals surface area contributed by atoms with Gasteiger partial charge in [-0.15, -0.1) is 0 Å². The summed E-state index contributed by atoms with van der Waals surface area (Å²) in [5, 5.41) is 7.14. The Morgan fingerprint density at radius 2 is 2.04 bits per heavy atom. The van der Waals surface area contributed by atoms with Crippen LogP contribution in [0.5, 0.6) is 5.75 Å². The lowest BCUT2D eigenvalue weighted by molar-refractivity contribution is 0.286. The van der Waals surface area contributed by atoms with Crippen molar-refractivity contribution in [3.05, 3.63) is 42.4 Å². The van der Waals surface area contributed by atoms with Crippen molar-refractivity contribution in [2.24, 2.45) is 0 Å². The van der Waals surface area contributed by atoms with Crippen LogP contribution in [-0.2, 0) is 6.61 Å². The number of benzene rings is 1. The number of aromatic nitrogens is 4. The number of ether oxygens (including phenoxy) is 1. The van der Waals surface area contributed by atoms with E-state index in [4.69, 9.17) is 15.0 Å². The van der Waals surface area contributed by atoms with Gasteiger partial charge in [0.05, 0.1) is 6.20 Å². The molecule has 2 heterocycles. The fraction of sp³-hybridized carbons (Fsp3) is 0.294. The van der Waals surface area contributed by atoms with Gasteiger partial charge < -0.3 is 20.3 Å². The minimum Gasteiger partial charge on any atom is -0.480 e. The molecule has 8 nitrogen and oxygen atoms in total. The van der Waals surface area contributed by atoms with Gasteiger partial charge in [0.15, 0.2) is 18.2 Å². The summed E-state index contributed by atoms with van der Waals surface area (Å²) >= 11 is 0. The molecule has 3 rings (SSSR count). The summed E-state index contributed by atoms with van der Waals surface area (Å²) in [5.41, 5.74) is 6.51. The van der Waals surface area contributed by atoms with Crippen LogP contribution in [-0.4, -0.2) is 26.7 Å². The largest absolute Gasteiger partial charge is 0.480 e. The topological polar surface area (TPSA) is 112 Å². The van der Waals surface area contributed by atoms with Crippen LogP contribution in [0.3, 0.4) is 0 Å². The summed E-state index contributed by atoms with van der Waals surface area (Å²) in [7, 11) is 0. The predicted molar refractivity (Wildman–Crippen MR) is 93.9 cm³/mol. The van der Waals surface area contributed by atoms with Gasteiger partial charge in [-0.25, -0.2) is 4.98 Å². The van der Waals surface area contributed by atoms with Gasteiger partial charge in [-0.3, -0.25) is 0 Å². The number of hydrogen-bond acceptors (Lipinski definition) is 8. The van der Waals surface area contributed by atoms with Crippen LogP contribution in [0.1, 0.15) is 25.6 Å². The Morgan fingerprint density at radius 3 is 2.84 bits per heavy atom. The zero-order valence-electron chi connectivity index (χ0n) is 14.0. The minimum atomic E-state index is 0.145. The highest BCUT2D eigenvalue weighted by Gasteiger charge is 2.12. The van der Waals surface area contributed by atoms with Crippen molar-refractivity contribution >= 4 is 11.8 Å². The number of nitrogen functional groups attached to an aromatic ring is 1. The van der Waals surface area contributed by atoms with Gasteiger partial charge >= 0.3 is 0 Å². The summed E-state index contributed by atoms with van der Waals surface area (Å²) in [6.07, 6.45) is 3.64. The SMILES string of the molecule is CCCCNc1nc(N)ncc1OCc1noc(-c2ccccc2)n1. The van der Waals surface area contributed by atoms with Crippen molar-refractivity contribution in [3.63, 3.8) is 0 Å². The number of anilines is 2. The molecule has 0 saturated heterocycles. The van der Waals surface area contributed by atoms with Gasteiger partial charge in [-0.1, -0.05) is 36.7 Å². The highest BCUT2D eigenvalue weighted by atomic mass is 16.5. The number of hydrogen-bond donors (Lipinski definition) is 2. The van der Waals surface area contributed by atoms with E-state index in [1.165, 1.54) is 6.20 Å². The Bertz CT molecular complexity index is 806. The van der Waals surface area contributed by atoms with E-state index in [1.807, 2.05) is 30.3 Å². The van der Waals surface area contributed by atoms with Crippen LogP contribution in [0.25, 0.3) is 11.5 Å². The number of nitrogens with one attached hydrogen (secondary N) is 1. The van der Waals surface area contributed by atoms with E-state index in [1.54, 1.807) is 0 Å². The second kappa shape index (κ2) is 8.09. The lowest BCUT2D eigenvalue weighted by Gasteiger charge is -2.11. The molecule has 8 heteroatoms. The first-order chi connectivity index (χ1) is 12.3. The average Bonchev–Trinajstić information content (AvgIpc) is 3.11. The molecule has 0 unspecified atom stereocenters. The van der Waals surface area contributed by atoms with Crippen molar-refractivity contribution < 1.29 is 9.26 Å². The van der Waals surface area contributed by atoms with Crippen LogP contribution in [0.15, 0.2) is 41.1 Å². The molecule has 25 heavy (non-hydrogen) atoms. The molecule has 0 atom stereocenters. The van der Waals surface area contributed by atoms with Crippen LogP contribution < -0.4 is 15.8 Å². The Hall–Kier alpha value is -3.16. The van der Waals surface area contributed by atoms with Crippen molar-refractivity contribution in [1.29, 1.82) is 0 Å². The lowest BCUT2D eigenvalue weighted by Crippen LogP contribution is -2.09. The zero-order valence-corrected chi connectivity index (χ0v) is 14.0. The first kappa shape index (κ1) is 16.7. The fourth-order valence-corrected chi connectivity index (χ4v) is 2.15. The molecule has 0 saturated carbocycles. The normalized spacial score (nSPS) is 10.6. The van der Waals surface area contributed by atoms with Gasteiger partial charge in [0.25, 0.3) is 5.89 Å². The highest BCUT2D eigenvalue weighted by molar-refractivity contribution is 5.52. The maximum atomic E-state index is 5.73. The molecule has 1 aromatic carbocycles. The molecule has 0 spiro atoms. The number of nitrogens with two attached hydrogens (primary N) is 1. The smallest absolute Gasteiger partial charge is 0.258 e. The summed E-state index contributed by atoms with van der Waals surface area (Å²) in [6.45, 7) is 3.05. The third-order valence-electron chi connectivity index (χ3n) is 3.44. The van der Waals surface area contributed by atoms with Gasteiger partial charge in [0.2, 0.25) is 11.8 Å². The predicted octanol–water partition coefficient (Wildman–Crippen LogP) is 2.90. The molecule has 2 aromatic heterocycles. The second-order valence-corrected chi connectivity index (χ2v) is 5.39. The summed E-state index contributed by atoms with van der Waals surface area (Å²) in [5.74, 6) is 2.14. The van der Waals surface area contributed by atoms with E-state index < -0.39 is 0 Å². The van der Waals surface area contributed by atoms with Crippen LogP contribution in [0.4, 0.5) is 11.8 Å². The van der Waals surface area contributed by atoms with E-state index in [-0.39, 0.29) is 12.6 Å². The molecule has 0 aliphatic heterocycles. The Kier molecular flexibility index (Phi) is 5.40. The summed E-state index contributed by atoms with van der Waals surface area (Å²) < 4.78 is 11.0. The number of nitrogens with zero attached hydrogens (tertiary/aromatic N) is 4. The molecule has 0 aliphatic rings. The van der Waals surface area contributed by atoms with E-state index in [9.17, 15) is 0 Å². The third-order valence-corrected chi connectivity index (χ3v) is 3.44. The minimum absolute atomic E-state index is 0.145. The maximum absolute atomic E-state index is 5.73. The molecule has 130 valence electrons. The molecule has 3 aromatic rings. The van der Waals surface area contributed by atoms with Gasteiger partial charge in [0.1, 0.15) is 0 Å². The van der Waals surface area contributed by atoms with Gasteiger partial charge in [-0.05, 0) is 18.6 Å². The monoisotopic (exact) mass is 340 g/mol. The molecule has 0 bridgehead atoms. The third kappa shape index (κ3) is 4.43. The average molecular weight is 340 g/mol. The number of rotatable bonds is 8. The van der Waals surface area contributed by atoms with Gasteiger partial charge in [0, 0.05) is 12.1 Å². The highest BCUT2D eigenvalue weighted by Crippen LogP contribution is 2.23. The molecule has 3 N–H and O–H groups in total. The van der Waals surface area contributed by atoms with Crippen molar-refractivity contribution in [2.75, 3.05) is 17.6 Å². The van der Waals surface area contributed by atoms with Crippen molar-refractivity contribution in [2.45, 2.75) is 26.4 Å². The molecule has 0 radical (unpaired) electrons. The van der Waals surface area contributed by atoms with Crippen LogP contribution >= 0.6 is 0 Å². The standard InChI is InChI=1S/C17H20N6O2/c1-2-3-9-19-15-13(10-20-17(18)22-15)24-11-14-21-16(25-23-14)12-7-5-4-6-8-12/h4-8,10H,2-3,9,11H2,1H3,(H3,18,19,20,22).